The van der Waals surface area contributed by atoms with E-state index in [9.17, 15) is 29.7 Å². The van der Waals surface area contributed by atoms with Gasteiger partial charge in [0.25, 0.3) is 5.91 Å². The molecule has 2 aromatic carbocycles. The number of aromatic hydroxyl groups is 1. The number of nitrogens with zero attached hydrogens (tertiary/aromatic N) is 2. The number of phenols is 1. The summed E-state index contributed by atoms with van der Waals surface area (Å²) in [6.45, 7) is 3.01. The minimum Gasteiger partial charge on any atom is -0.511 e. The van der Waals surface area contributed by atoms with Gasteiger partial charge >= 0.3 is 0 Å². The molecule has 0 saturated carbocycles. The second kappa shape index (κ2) is 10.7. The molecule has 220 valence electrons. The number of aliphatic hydroxyl groups excluding tert-OH is 2. The van der Waals surface area contributed by atoms with Crippen LogP contribution in [-0.4, -0.2) is 75.8 Å². The molecule has 4 aliphatic rings. The Hall–Kier alpha value is -3.95. The van der Waals surface area contributed by atoms with Gasteiger partial charge in [-0.05, 0) is 99.1 Å². The van der Waals surface area contributed by atoms with Gasteiger partial charge in [-0.2, -0.15) is 0 Å². The monoisotopic (exact) mass is 571 g/mol. The molecule has 0 radical (unpaired) electrons. The van der Waals surface area contributed by atoms with E-state index in [1.807, 2.05) is 18.2 Å². The van der Waals surface area contributed by atoms with Gasteiger partial charge in [-0.25, -0.2) is 0 Å². The summed E-state index contributed by atoms with van der Waals surface area (Å²) in [5.74, 6) is -5.57. The number of hydrogen-bond donors (Lipinski definition) is 4. The number of piperidine rings is 1. The molecule has 1 fully saturated rings. The van der Waals surface area contributed by atoms with Crippen LogP contribution >= 0.6 is 0 Å². The van der Waals surface area contributed by atoms with Gasteiger partial charge in [0, 0.05) is 12.1 Å². The second-order valence-corrected chi connectivity index (χ2v) is 12.3. The van der Waals surface area contributed by atoms with Gasteiger partial charge in [-0.3, -0.25) is 24.2 Å². The van der Waals surface area contributed by atoms with Gasteiger partial charge in [0.1, 0.15) is 22.8 Å². The highest BCUT2D eigenvalue weighted by molar-refractivity contribution is 6.22. The number of primary amides is 1. The Morgan fingerprint density at radius 1 is 1.02 bits per heavy atom. The zero-order chi connectivity index (χ0) is 29.9. The van der Waals surface area contributed by atoms with Crippen LogP contribution in [-0.2, 0) is 22.6 Å². The van der Waals surface area contributed by atoms with Crippen molar-refractivity contribution in [2.45, 2.75) is 44.7 Å². The van der Waals surface area contributed by atoms with E-state index in [1.54, 1.807) is 19.0 Å². The van der Waals surface area contributed by atoms with E-state index in [2.05, 4.69) is 17.0 Å². The van der Waals surface area contributed by atoms with E-state index in [4.69, 9.17) is 5.73 Å². The summed E-state index contributed by atoms with van der Waals surface area (Å²) in [6, 6.07) is 10.9. The number of carbonyl (C=O) groups excluding carboxylic acids is 3. The van der Waals surface area contributed by atoms with Crippen molar-refractivity contribution in [3.63, 3.8) is 0 Å². The number of likely N-dealkylation sites (N-methyl/N-ethyl adjacent to an activating group) is 1. The molecule has 1 amide bonds. The molecular weight excluding hydrogens is 534 g/mol. The van der Waals surface area contributed by atoms with Crippen LogP contribution in [0.5, 0.6) is 5.75 Å². The Morgan fingerprint density at radius 3 is 2.45 bits per heavy atom. The van der Waals surface area contributed by atoms with Gasteiger partial charge in [0.2, 0.25) is 0 Å². The topological polar surface area (TPSA) is 144 Å². The van der Waals surface area contributed by atoms with Crippen LogP contribution in [0.25, 0.3) is 11.1 Å². The van der Waals surface area contributed by atoms with Crippen molar-refractivity contribution in [3.05, 3.63) is 75.8 Å². The molecular formula is C33H37N3O6. The zero-order valence-corrected chi connectivity index (χ0v) is 24.0. The summed E-state index contributed by atoms with van der Waals surface area (Å²) in [5, 5.41) is 33.3. The molecule has 0 aromatic heterocycles. The molecule has 3 unspecified atom stereocenters. The van der Waals surface area contributed by atoms with Crippen LogP contribution < -0.4 is 5.73 Å². The molecule has 9 nitrogen and oxygen atoms in total. The highest BCUT2D eigenvalue weighted by Gasteiger charge is 2.54. The van der Waals surface area contributed by atoms with Crippen LogP contribution in [0.1, 0.15) is 47.2 Å². The number of allylic oxidation sites excluding steroid dienone is 2. The minimum atomic E-state index is -1.19. The molecule has 4 atom stereocenters. The summed E-state index contributed by atoms with van der Waals surface area (Å²) < 4.78 is 0. The first-order valence-corrected chi connectivity index (χ1v) is 14.7. The number of aliphatic hydroxyl groups is 2. The van der Waals surface area contributed by atoms with Crippen molar-refractivity contribution in [2.75, 3.05) is 27.2 Å². The van der Waals surface area contributed by atoms with Crippen LogP contribution in [0.3, 0.4) is 0 Å². The van der Waals surface area contributed by atoms with Crippen molar-refractivity contribution in [1.29, 1.82) is 0 Å². The molecule has 1 aliphatic heterocycles. The van der Waals surface area contributed by atoms with Gasteiger partial charge < -0.3 is 21.1 Å². The average molecular weight is 572 g/mol. The average Bonchev–Trinajstić information content (AvgIpc) is 2.93. The number of ketones is 2. The predicted molar refractivity (Wildman–Crippen MR) is 157 cm³/mol. The fourth-order valence-electron chi connectivity index (χ4n) is 7.75. The maximum absolute atomic E-state index is 14.0. The maximum atomic E-state index is 14.0. The number of hydrogen-bond acceptors (Lipinski definition) is 8. The molecule has 0 spiro atoms. The van der Waals surface area contributed by atoms with Crippen LogP contribution in [0.15, 0.2) is 59.1 Å². The standard InChI is InChI=1S/C33H37N3O6/c1-35(2)28-22-15-19-14-21-20(18-8-6-7-17(13-18)16-36-11-4-3-5-12-36)9-10-23(37)25(21)29(38)24(19)30(39)26(22)31(40)27(32(28)41)33(34)42/h6-10,13,19,22,26,28,37,39,41H,3-5,11-12,14-16H2,1-2H3,(H2,34,42)/t19?,22?,26?,28-/m0/s1. The van der Waals surface area contributed by atoms with E-state index in [0.29, 0.717) is 18.4 Å². The Kier molecular flexibility index (Phi) is 7.19. The lowest BCUT2D eigenvalue weighted by atomic mass is 9.60. The SMILES string of the molecule is CN(C)[C@@H]1C(O)=C(C(N)=O)C(=O)C2C(O)=C3C(=O)c4c(O)ccc(-c5cccc(CN6CCCCC6)c5)c4CC3CC21. The Morgan fingerprint density at radius 2 is 1.76 bits per heavy atom. The normalized spacial score (nSPS) is 26.3. The number of phenolic OH excluding ortho intramolecular Hbond substituents is 1. The molecule has 5 N–H and O–H groups in total. The number of fused-ring (bicyclic) bond motifs is 3. The van der Waals surface area contributed by atoms with Crippen molar-refractivity contribution >= 4 is 17.5 Å². The third kappa shape index (κ3) is 4.51. The Bertz CT molecular complexity index is 1550. The molecule has 2 aromatic rings. The molecule has 3 aliphatic carbocycles. The number of likely N-dealkylation sites (tertiary alicyclic amines) is 1. The zero-order valence-electron chi connectivity index (χ0n) is 24.0. The van der Waals surface area contributed by atoms with E-state index in [-0.39, 0.29) is 16.9 Å². The number of benzene rings is 2. The summed E-state index contributed by atoms with van der Waals surface area (Å²) in [7, 11) is 3.44. The Balaban J connectivity index is 1.42. The summed E-state index contributed by atoms with van der Waals surface area (Å²) in [5.41, 5.74) is 8.82. The molecule has 1 heterocycles. The van der Waals surface area contributed by atoms with Gasteiger partial charge in [-0.1, -0.05) is 30.7 Å². The number of carbonyl (C=O) groups is 3. The van der Waals surface area contributed by atoms with Crippen molar-refractivity contribution < 1.29 is 29.7 Å². The fraction of sp³-hybridized carbons (Fsp3) is 0.424. The smallest absolute Gasteiger partial charge is 0.255 e. The summed E-state index contributed by atoms with van der Waals surface area (Å²) >= 11 is 0. The number of rotatable bonds is 5. The van der Waals surface area contributed by atoms with E-state index < -0.39 is 58.4 Å². The van der Waals surface area contributed by atoms with E-state index in [1.165, 1.54) is 30.9 Å². The third-order valence-electron chi connectivity index (χ3n) is 9.54. The van der Waals surface area contributed by atoms with Gasteiger partial charge in [-0.15, -0.1) is 0 Å². The van der Waals surface area contributed by atoms with Crippen molar-refractivity contribution in [1.82, 2.24) is 9.80 Å². The fourth-order valence-corrected chi connectivity index (χ4v) is 7.75. The quantitative estimate of drug-likeness (QED) is 0.398. The minimum absolute atomic E-state index is 0.0890. The lowest BCUT2D eigenvalue weighted by Crippen LogP contribution is -2.53. The lowest BCUT2D eigenvalue weighted by Gasteiger charge is -2.46. The first kappa shape index (κ1) is 28.2. The molecule has 1 saturated heterocycles. The van der Waals surface area contributed by atoms with Crippen LogP contribution in [0.4, 0.5) is 0 Å². The largest absolute Gasteiger partial charge is 0.511 e. The molecule has 6 rings (SSSR count). The van der Waals surface area contributed by atoms with Gasteiger partial charge in [0.15, 0.2) is 11.6 Å². The third-order valence-corrected chi connectivity index (χ3v) is 9.54. The molecule has 9 heteroatoms. The van der Waals surface area contributed by atoms with E-state index in [0.717, 1.165) is 30.8 Å². The lowest BCUT2D eigenvalue weighted by molar-refractivity contribution is -0.127. The first-order chi connectivity index (χ1) is 20.1. The van der Waals surface area contributed by atoms with E-state index >= 15 is 0 Å². The Labute approximate surface area is 244 Å². The second-order valence-electron chi connectivity index (χ2n) is 12.3. The summed E-state index contributed by atoms with van der Waals surface area (Å²) in [6.07, 6.45) is 4.37. The number of Topliss-reactive ketones (excluding diaryl/α,β-unsaturated/α-hetero) is 2. The maximum Gasteiger partial charge on any atom is 0.255 e. The molecule has 0 bridgehead atoms. The highest BCUT2D eigenvalue weighted by Crippen LogP contribution is 2.51. The highest BCUT2D eigenvalue weighted by atomic mass is 16.3. The molecule has 42 heavy (non-hydrogen) atoms. The number of nitrogens with two attached hydrogens (primary N) is 1. The summed E-state index contributed by atoms with van der Waals surface area (Å²) in [4.78, 5) is 43.7. The van der Waals surface area contributed by atoms with Crippen LogP contribution in [0, 0.1) is 17.8 Å². The predicted octanol–water partition coefficient (Wildman–Crippen LogP) is 3.66. The van der Waals surface area contributed by atoms with Crippen molar-refractivity contribution in [2.24, 2.45) is 23.5 Å². The number of amides is 1. The van der Waals surface area contributed by atoms with Crippen molar-refractivity contribution in [3.8, 4) is 16.9 Å². The van der Waals surface area contributed by atoms with Crippen LogP contribution in [0.2, 0.25) is 0 Å². The van der Waals surface area contributed by atoms with Gasteiger partial charge in [0.05, 0.1) is 17.5 Å². The first-order valence-electron chi connectivity index (χ1n) is 14.7.